The third-order valence-electron chi connectivity index (χ3n) is 8.26. The van der Waals surface area contributed by atoms with E-state index in [9.17, 15) is 33.5 Å². The van der Waals surface area contributed by atoms with Crippen LogP contribution in [0.15, 0.2) is 66.9 Å². The number of alkyl carbamates (subject to hydrolysis) is 1. The molecule has 2 aromatic carbocycles. The average Bonchev–Trinajstić information content (AvgIpc) is 3.63. The third kappa shape index (κ3) is 10.8. The van der Waals surface area contributed by atoms with E-state index in [1.165, 1.54) is 9.58 Å². The Hall–Kier alpha value is -5.44. The molecule has 2 heterocycles. The monoisotopic (exact) mass is 736 g/mol. The van der Waals surface area contributed by atoms with Crippen LogP contribution < -0.4 is 10.6 Å². The van der Waals surface area contributed by atoms with Crippen LogP contribution in [0, 0.1) is 17.0 Å². The van der Waals surface area contributed by atoms with Gasteiger partial charge in [0.2, 0.25) is 11.8 Å². The molecule has 1 aromatic heterocycles. The van der Waals surface area contributed by atoms with Crippen molar-refractivity contribution in [3.63, 3.8) is 0 Å². The van der Waals surface area contributed by atoms with Crippen molar-refractivity contribution in [2.24, 2.45) is 5.41 Å². The number of aromatic nitrogens is 2. The number of benzene rings is 2. The van der Waals surface area contributed by atoms with Gasteiger partial charge in [-0.15, -0.1) is 0 Å². The standard InChI is InChI=1S/C38H46F2N6O7/c1-37(2,3)34(33-25(20-24-10-8-7-9-11-24)22-46(43-33)29-21-26(39)12-13-27(29)40)45(32(50)23-47)18-16-28(42-36(52)53-38(4,5)6)35(51)41-17-19-44-30(48)14-15-31(44)49/h7-15,21-22,28,34,47H,16-20,23H2,1-6H3,(H,41,51)(H,42,52)/t28-,34-/m0/s1. The van der Waals surface area contributed by atoms with E-state index in [0.29, 0.717) is 17.7 Å². The molecular formula is C38H46F2N6O7. The maximum absolute atomic E-state index is 15.1. The number of rotatable bonds is 14. The highest BCUT2D eigenvalue weighted by molar-refractivity contribution is 6.12. The maximum atomic E-state index is 15.1. The molecule has 15 heteroatoms. The molecular weight excluding hydrogens is 690 g/mol. The summed E-state index contributed by atoms with van der Waals surface area (Å²) in [6, 6.07) is 10.2. The topological polar surface area (TPSA) is 163 Å². The van der Waals surface area contributed by atoms with Gasteiger partial charge in [0, 0.05) is 56.0 Å². The number of amides is 5. The first-order valence-corrected chi connectivity index (χ1v) is 17.2. The predicted octanol–water partition coefficient (Wildman–Crippen LogP) is 3.97. The molecule has 2 atom stereocenters. The van der Waals surface area contributed by atoms with Gasteiger partial charge in [0.15, 0.2) is 0 Å². The van der Waals surface area contributed by atoms with E-state index >= 15 is 4.39 Å². The van der Waals surface area contributed by atoms with E-state index in [1.807, 2.05) is 51.1 Å². The van der Waals surface area contributed by atoms with Gasteiger partial charge in [0.05, 0.1) is 11.7 Å². The third-order valence-corrected chi connectivity index (χ3v) is 8.26. The summed E-state index contributed by atoms with van der Waals surface area (Å²) in [5.41, 5.74) is -0.00912. The SMILES string of the molecule is CC(C)(C)OC(=O)N[C@@H](CCN(C(=O)CO)[C@@H](c1nn(-c2cc(F)ccc2F)cc1Cc1ccccc1)C(C)(C)C)C(=O)NCCN1C(=O)C=CC1=O. The predicted molar refractivity (Wildman–Crippen MR) is 190 cm³/mol. The Morgan fingerprint density at radius 2 is 1.64 bits per heavy atom. The van der Waals surface area contributed by atoms with E-state index in [0.717, 1.165) is 40.8 Å². The number of nitrogens with zero attached hydrogens (tertiary/aromatic N) is 4. The fourth-order valence-corrected chi connectivity index (χ4v) is 5.96. The number of imide groups is 1. The van der Waals surface area contributed by atoms with Crippen molar-refractivity contribution < 1.29 is 42.6 Å². The summed E-state index contributed by atoms with van der Waals surface area (Å²) >= 11 is 0. The van der Waals surface area contributed by atoms with Crippen molar-refractivity contribution in [1.82, 2.24) is 30.2 Å². The summed E-state index contributed by atoms with van der Waals surface area (Å²) in [7, 11) is 0. The minimum Gasteiger partial charge on any atom is -0.444 e. The second-order valence-electron chi connectivity index (χ2n) is 14.7. The number of halogens is 2. The van der Waals surface area contributed by atoms with Gasteiger partial charge in [-0.25, -0.2) is 18.3 Å². The molecule has 3 N–H and O–H groups in total. The van der Waals surface area contributed by atoms with Crippen molar-refractivity contribution in [2.75, 3.05) is 26.2 Å². The molecule has 13 nitrogen and oxygen atoms in total. The number of aliphatic hydroxyl groups excluding tert-OH is 1. The lowest BCUT2D eigenvalue weighted by Crippen LogP contribution is -2.52. The smallest absolute Gasteiger partial charge is 0.408 e. The van der Waals surface area contributed by atoms with Crippen LogP contribution in [0.25, 0.3) is 5.69 Å². The van der Waals surface area contributed by atoms with Crippen molar-refractivity contribution in [2.45, 2.75) is 72.1 Å². The minimum absolute atomic E-state index is 0.116. The Balaban J connectivity index is 1.70. The quantitative estimate of drug-likeness (QED) is 0.210. The van der Waals surface area contributed by atoms with Crippen molar-refractivity contribution >= 4 is 29.7 Å². The van der Waals surface area contributed by atoms with Crippen LogP contribution in [0.1, 0.15) is 70.8 Å². The Morgan fingerprint density at radius 3 is 2.25 bits per heavy atom. The highest BCUT2D eigenvalue weighted by atomic mass is 19.1. The zero-order valence-corrected chi connectivity index (χ0v) is 30.7. The van der Waals surface area contributed by atoms with Crippen LogP contribution >= 0.6 is 0 Å². The van der Waals surface area contributed by atoms with Gasteiger partial charge in [-0.05, 0) is 50.3 Å². The molecule has 53 heavy (non-hydrogen) atoms. The Bertz CT molecular complexity index is 1830. The van der Waals surface area contributed by atoms with Gasteiger partial charge in [-0.1, -0.05) is 51.1 Å². The number of aliphatic hydroxyl groups is 1. The molecule has 5 amide bonds. The zero-order valence-electron chi connectivity index (χ0n) is 30.7. The van der Waals surface area contributed by atoms with Gasteiger partial charge in [-0.3, -0.25) is 24.1 Å². The molecule has 4 rings (SSSR count). The number of carbonyl (C=O) groups is 5. The first-order valence-electron chi connectivity index (χ1n) is 17.2. The lowest BCUT2D eigenvalue weighted by atomic mass is 9.81. The lowest BCUT2D eigenvalue weighted by molar-refractivity contribution is -0.140. The molecule has 0 fully saturated rings. The largest absolute Gasteiger partial charge is 0.444 e. The van der Waals surface area contributed by atoms with Crippen molar-refractivity contribution in [3.8, 4) is 5.69 Å². The highest BCUT2D eigenvalue weighted by Crippen LogP contribution is 2.40. The Kier molecular flexibility index (Phi) is 12.9. The van der Waals surface area contributed by atoms with Gasteiger partial charge in [0.25, 0.3) is 11.8 Å². The first-order chi connectivity index (χ1) is 24.9. The highest BCUT2D eigenvalue weighted by Gasteiger charge is 2.39. The fraction of sp³-hybridized carbons (Fsp3) is 0.421. The van der Waals surface area contributed by atoms with E-state index in [4.69, 9.17) is 9.84 Å². The summed E-state index contributed by atoms with van der Waals surface area (Å²) in [6.07, 6.45) is 3.06. The summed E-state index contributed by atoms with van der Waals surface area (Å²) in [5, 5.41) is 20.1. The van der Waals surface area contributed by atoms with Crippen LogP contribution in [0.4, 0.5) is 13.6 Å². The molecule has 0 aliphatic carbocycles. The Morgan fingerprint density at radius 1 is 0.981 bits per heavy atom. The molecule has 0 spiro atoms. The molecule has 1 aliphatic heterocycles. The van der Waals surface area contributed by atoms with Crippen LogP contribution in [-0.4, -0.2) is 92.3 Å². The van der Waals surface area contributed by atoms with Crippen molar-refractivity contribution in [3.05, 3.63) is 95.3 Å². The number of hydrogen-bond donors (Lipinski definition) is 3. The van der Waals surface area contributed by atoms with Gasteiger partial charge >= 0.3 is 6.09 Å². The lowest BCUT2D eigenvalue weighted by Gasteiger charge is -2.40. The summed E-state index contributed by atoms with van der Waals surface area (Å²) in [5.74, 6) is -3.83. The van der Waals surface area contributed by atoms with Gasteiger partial charge < -0.3 is 25.4 Å². The number of hydrogen-bond acceptors (Lipinski definition) is 8. The van der Waals surface area contributed by atoms with E-state index < -0.39 is 71.1 Å². The second kappa shape index (κ2) is 16.9. The minimum atomic E-state index is -1.27. The van der Waals surface area contributed by atoms with E-state index in [-0.39, 0.29) is 31.7 Å². The fourth-order valence-electron chi connectivity index (χ4n) is 5.96. The summed E-state index contributed by atoms with van der Waals surface area (Å²) in [4.78, 5) is 66.3. The molecule has 0 unspecified atom stereocenters. The van der Waals surface area contributed by atoms with E-state index in [2.05, 4.69) is 10.6 Å². The summed E-state index contributed by atoms with van der Waals surface area (Å²) < 4.78 is 36.0. The number of ether oxygens (including phenoxy) is 1. The second-order valence-corrected chi connectivity index (χ2v) is 14.7. The van der Waals surface area contributed by atoms with Crippen LogP contribution in [0.3, 0.4) is 0 Å². The molecule has 1 aliphatic rings. The van der Waals surface area contributed by atoms with E-state index in [1.54, 1.807) is 27.0 Å². The molecule has 0 saturated carbocycles. The van der Waals surface area contributed by atoms with Gasteiger partial charge in [0.1, 0.15) is 35.6 Å². The molecule has 284 valence electrons. The number of nitrogens with one attached hydrogen (secondary N) is 2. The molecule has 0 bridgehead atoms. The Labute approximate surface area is 307 Å². The van der Waals surface area contributed by atoms with Crippen LogP contribution in [0.5, 0.6) is 0 Å². The van der Waals surface area contributed by atoms with Crippen molar-refractivity contribution in [1.29, 1.82) is 0 Å². The summed E-state index contributed by atoms with van der Waals surface area (Å²) in [6.45, 7) is 9.18. The first kappa shape index (κ1) is 40.3. The normalized spacial score (nSPS) is 14.2. The molecule has 3 aromatic rings. The molecule has 0 saturated heterocycles. The molecule has 0 radical (unpaired) electrons. The maximum Gasteiger partial charge on any atom is 0.408 e. The van der Waals surface area contributed by atoms with Gasteiger partial charge in [-0.2, -0.15) is 5.10 Å². The zero-order chi connectivity index (χ0) is 39.1. The number of carbonyl (C=O) groups excluding carboxylic acids is 5. The van der Waals surface area contributed by atoms with Crippen LogP contribution in [0.2, 0.25) is 0 Å². The average molecular weight is 737 g/mol. The van der Waals surface area contributed by atoms with Crippen LogP contribution in [-0.2, 0) is 30.3 Å².